The van der Waals surface area contributed by atoms with Gasteiger partial charge in [0.2, 0.25) is 0 Å². The van der Waals surface area contributed by atoms with Crippen molar-refractivity contribution in [3.8, 4) is 16.9 Å². The van der Waals surface area contributed by atoms with Crippen molar-refractivity contribution in [1.82, 2.24) is 0 Å². The summed E-state index contributed by atoms with van der Waals surface area (Å²) >= 11 is 0. The standard InChI is InChI=1S/C11H7F3O3S/c12-11(13,14)18(15,16)17-10-7-2-1-4-8-5-3-6-9(8)10/h1-7H. The van der Waals surface area contributed by atoms with Gasteiger partial charge >= 0.3 is 15.6 Å². The number of hydrogen-bond acceptors (Lipinski definition) is 3. The van der Waals surface area contributed by atoms with Crippen LogP contribution in [0.5, 0.6) is 5.75 Å². The summed E-state index contributed by atoms with van der Waals surface area (Å²) in [4.78, 5) is 0. The molecule has 2 rings (SSSR count). The second kappa shape index (κ2) is 4.16. The number of fused-ring (bicyclic) bond motifs is 1. The van der Waals surface area contributed by atoms with Crippen LogP contribution < -0.4 is 4.18 Å². The van der Waals surface area contributed by atoms with Gasteiger partial charge in [0.15, 0.2) is 5.75 Å². The second-order valence-corrected chi connectivity index (χ2v) is 5.00. The van der Waals surface area contributed by atoms with E-state index in [0.717, 1.165) is 0 Å². The van der Waals surface area contributed by atoms with E-state index in [9.17, 15) is 21.6 Å². The smallest absolute Gasteiger partial charge is 0.375 e. The molecule has 96 valence electrons. The van der Waals surface area contributed by atoms with Crippen LogP contribution in [-0.2, 0) is 10.1 Å². The van der Waals surface area contributed by atoms with E-state index >= 15 is 0 Å². The van der Waals surface area contributed by atoms with E-state index in [1.54, 1.807) is 24.3 Å². The fourth-order valence-corrected chi connectivity index (χ4v) is 1.91. The summed E-state index contributed by atoms with van der Waals surface area (Å²) in [5, 5.41) is 0. The predicted molar refractivity (Wildman–Crippen MR) is 58.7 cm³/mol. The van der Waals surface area contributed by atoms with E-state index in [0.29, 0.717) is 11.1 Å². The Balaban J connectivity index is 2.47. The number of halogens is 3. The molecule has 2 aliphatic carbocycles. The highest BCUT2D eigenvalue weighted by molar-refractivity contribution is 7.88. The molecule has 0 aliphatic heterocycles. The maximum atomic E-state index is 12.2. The Morgan fingerprint density at radius 1 is 0.944 bits per heavy atom. The van der Waals surface area contributed by atoms with Crippen LogP contribution in [0.1, 0.15) is 0 Å². The number of hydrogen-bond donors (Lipinski definition) is 0. The van der Waals surface area contributed by atoms with Crippen LogP contribution in [-0.4, -0.2) is 13.9 Å². The van der Waals surface area contributed by atoms with E-state index in [4.69, 9.17) is 0 Å². The van der Waals surface area contributed by atoms with Crippen LogP contribution in [0.15, 0.2) is 42.5 Å². The highest BCUT2D eigenvalue weighted by Crippen LogP contribution is 2.35. The van der Waals surface area contributed by atoms with Gasteiger partial charge in [-0.3, -0.25) is 0 Å². The monoisotopic (exact) mass is 276 g/mol. The molecule has 0 atom stereocenters. The molecule has 0 heterocycles. The van der Waals surface area contributed by atoms with Crippen LogP contribution in [0, 0.1) is 0 Å². The molecule has 0 spiro atoms. The average Bonchev–Trinajstić information content (AvgIpc) is 2.62. The summed E-state index contributed by atoms with van der Waals surface area (Å²) in [7, 11) is -5.65. The number of rotatable bonds is 2. The molecular weight excluding hydrogens is 269 g/mol. The second-order valence-electron chi connectivity index (χ2n) is 3.46. The predicted octanol–water partition coefficient (Wildman–Crippen LogP) is 3.02. The first-order valence-corrected chi connectivity index (χ1v) is 6.20. The van der Waals surface area contributed by atoms with Crippen LogP contribution in [0.3, 0.4) is 0 Å². The summed E-state index contributed by atoms with van der Waals surface area (Å²) in [5.74, 6) is -0.350. The normalized spacial score (nSPS) is 12.6. The zero-order chi connectivity index (χ0) is 13.4. The van der Waals surface area contributed by atoms with Gasteiger partial charge in [0.25, 0.3) is 0 Å². The molecule has 0 saturated carbocycles. The van der Waals surface area contributed by atoms with Crippen molar-refractivity contribution >= 4 is 10.1 Å². The van der Waals surface area contributed by atoms with Gasteiger partial charge in [-0.05, 0) is 11.6 Å². The van der Waals surface area contributed by atoms with Crippen LogP contribution in [0.4, 0.5) is 13.2 Å². The summed E-state index contributed by atoms with van der Waals surface area (Å²) in [5.41, 5.74) is -4.56. The lowest BCUT2D eigenvalue weighted by Gasteiger charge is -2.10. The summed E-state index contributed by atoms with van der Waals surface area (Å²) in [6.45, 7) is 0. The third-order valence-corrected chi connectivity index (χ3v) is 3.20. The Bertz CT molecular complexity index is 634. The van der Waals surface area contributed by atoms with Gasteiger partial charge in [0.05, 0.1) is 0 Å². The maximum Gasteiger partial charge on any atom is 0.534 e. The van der Waals surface area contributed by atoms with Gasteiger partial charge in [-0.1, -0.05) is 36.4 Å². The topological polar surface area (TPSA) is 43.4 Å². The molecule has 0 saturated heterocycles. The number of alkyl halides is 3. The van der Waals surface area contributed by atoms with Gasteiger partial charge in [-0.2, -0.15) is 21.6 Å². The van der Waals surface area contributed by atoms with Gasteiger partial charge in [-0.25, -0.2) is 0 Å². The summed E-state index contributed by atoms with van der Waals surface area (Å²) in [6.07, 6.45) is 0. The zero-order valence-corrected chi connectivity index (χ0v) is 9.62. The lowest BCUT2D eigenvalue weighted by Crippen LogP contribution is -2.28. The van der Waals surface area contributed by atoms with Crippen molar-refractivity contribution in [3.63, 3.8) is 0 Å². The first-order valence-electron chi connectivity index (χ1n) is 4.80. The molecule has 0 bridgehead atoms. The molecule has 0 N–H and O–H groups in total. The molecule has 0 aromatic carbocycles. The molecule has 2 aliphatic rings. The molecule has 7 heteroatoms. The lowest BCUT2D eigenvalue weighted by molar-refractivity contribution is -0.0499. The molecule has 18 heavy (non-hydrogen) atoms. The molecule has 0 aromatic heterocycles. The third-order valence-electron chi connectivity index (χ3n) is 2.23. The molecule has 0 fully saturated rings. The maximum absolute atomic E-state index is 12.2. The minimum absolute atomic E-state index is 0.299. The lowest BCUT2D eigenvalue weighted by atomic mass is 10.2. The van der Waals surface area contributed by atoms with Crippen molar-refractivity contribution in [3.05, 3.63) is 42.5 Å². The van der Waals surface area contributed by atoms with Gasteiger partial charge in [0.1, 0.15) is 0 Å². The van der Waals surface area contributed by atoms with E-state index in [-0.39, 0.29) is 5.75 Å². The van der Waals surface area contributed by atoms with Gasteiger partial charge in [0, 0.05) is 5.56 Å². The van der Waals surface area contributed by atoms with Crippen molar-refractivity contribution in [2.75, 3.05) is 0 Å². The van der Waals surface area contributed by atoms with Crippen LogP contribution in [0.25, 0.3) is 11.1 Å². The van der Waals surface area contributed by atoms with E-state index < -0.39 is 15.6 Å². The molecular formula is C11H7F3O3S. The average molecular weight is 276 g/mol. The fraction of sp³-hybridized carbons (Fsp3) is 0.0909. The molecule has 0 aromatic rings. The van der Waals surface area contributed by atoms with E-state index in [2.05, 4.69) is 4.18 Å². The van der Waals surface area contributed by atoms with Crippen LogP contribution >= 0.6 is 0 Å². The Hall–Kier alpha value is -1.76. The van der Waals surface area contributed by atoms with E-state index in [1.807, 2.05) is 0 Å². The van der Waals surface area contributed by atoms with Gasteiger partial charge < -0.3 is 4.18 Å². The first-order chi connectivity index (χ1) is 8.31. The molecule has 0 radical (unpaired) electrons. The minimum atomic E-state index is -5.65. The third kappa shape index (κ3) is 2.26. The largest absolute Gasteiger partial charge is 0.534 e. The summed E-state index contributed by atoms with van der Waals surface area (Å²) < 4.78 is 62.7. The Morgan fingerprint density at radius 3 is 2.22 bits per heavy atom. The van der Waals surface area contributed by atoms with Crippen molar-refractivity contribution in [1.29, 1.82) is 0 Å². The van der Waals surface area contributed by atoms with Gasteiger partial charge in [-0.15, -0.1) is 0 Å². The first kappa shape index (κ1) is 12.7. The Labute approximate surface area is 101 Å². The highest BCUT2D eigenvalue weighted by Gasteiger charge is 2.48. The Kier molecular flexibility index (Phi) is 2.94. The Morgan fingerprint density at radius 2 is 1.56 bits per heavy atom. The van der Waals surface area contributed by atoms with Crippen molar-refractivity contribution in [2.24, 2.45) is 0 Å². The van der Waals surface area contributed by atoms with E-state index in [1.165, 1.54) is 18.2 Å². The van der Waals surface area contributed by atoms with Crippen molar-refractivity contribution < 1.29 is 25.8 Å². The quantitative estimate of drug-likeness (QED) is 0.625. The fourth-order valence-electron chi connectivity index (χ4n) is 1.43. The highest BCUT2D eigenvalue weighted by atomic mass is 32.2. The molecule has 0 amide bonds. The van der Waals surface area contributed by atoms with Crippen molar-refractivity contribution in [2.45, 2.75) is 5.51 Å². The molecule has 3 nitrogen and oxygen atoms in total. The minimum Gasteiger partial charge on any atom is -0.375 e. The SMILES string of the molecule is O=S(=O)(Oc1ccccc2cccc1-2)C(F)(F)F. The molecule has 0 unspecified atom stereocenters. The summed E-state index contributed by atoms with van der Waals surface area (Å²) in [6, 6.07) is 10.5. The van der Waals surface area contributed by atoms with Crippen LogP contribution in [0.2, 0.25) is 0 Å². The zero-order valence-electron chi connectivity index (χ0n) is 8.81.